The van der Waals surface area contributed by atoms with Crippen molar-refractivity contribution >= 4 is 16.7 Å². The van der Waals surface area contributed by atoms with Crippen molar-refractivity contribution in [2.24, 2.45) is 0 Å². The van der Waals surface area contributed by atoms with E-state index in [2.05, 4.69) is 4.74 Å². The SMILES string of the molecule is COC(=O)c1ccccc1.O=c1c2ccccc12. The number of benzene rings is 2. The van der Waals surface area contributed by atoms with Gasteiger partial charge in [-0.3, -0.25) is 4.79 Å². The van der Waals surface area contributed by atoms with Crippen molar-refractivity contribution < 1.29 is 9.53 Å². The third-order valence-electron chi connectivity index (χ3n) is 2.55. The summed E-state index contributed by atoms with van der Waals surface area (Å²) in [5, 5.41) is 1.79. The minimum absolute atomic E-state index is 0.218. The average molecular weight is 240 g/mol. The third-order valence-corrected chi connectivity index (χ3v) is 2.55. The zero-order valence-electron chi connectivity index (χ0n) is 9.92. The minimum Gasteiger partial charge on any atom is -0.465 e. The normalized spacial score (nSPS) is 9.83. The number of methoxy groups -OCH3 is 1. The summed E-state index contributed by atoms with van der Waals surface area (Å²) in [5.74, 6) is -0.291. The van der Waals surface area contributed by atoms with Gasteiger partial charge in [-0.2, -0.15) is 0 Å². The van der Waals surface area contributed by atoms with E-state index in [4.69, 9.17) is 0 Å². The fourth-order valence-electron chi connectivity index (χ4n) is 1.52. The molecule has 0 atom stereocenters. The number of carbonyl (C=O) groups excluding carboxylic acids is 1. The van der Waals surface area contributed by atoms with Crippen molar-refractivity contribution in [2.45, 2.75) is 0 Å². The van der Waals surface area contributed by atoms with Gasteiger partial charge in [0.05, 0.1) is 12.7 Å². The summed E-state index contributed by atoms with van der Waals surface area (Å²) in [4.78, 5) is 21.3. The summed E-state index contributed by atoms with van der Waals surface area (Å²) < 4.78 is 4.50. The number of carbonyl (C=O) groups is 1. The Kier molecular flexibility index (Phi) is 3.53. The summed E-state index contributed by atoms with van der Waals surface area (Å²) in [5.41, 5.74) is 0.806. The number of esters is 1. The van der Waals surface area contributed by atoms with E-state index in [0.717, 1.165) is 10.8 Å². The van der Waals surface area contributed by atoms with E-state index in [9.17, 15) is 9.59 Å². The van der Waals surface area contributed by atoms with E-state index in [-0.39, 0.29) is 11.4 Å². The molecule has 0 aliphatic heterocycles. The van der Waals surface area contributed by atoms with Crippen LogP contribution < -0.4 is 5.43 Å². The van der Waals surface area contributed by atoms with Crippen molar-refractivity contribution in [1.82, 2.24) is 0 Å². The summed E-state index contributed by atoms with van der Waals surface area (Å²) in [6, 6.07) is 16.3. The first-order valence-corrected chi connectivity index (χ1v) is 5.51. The zero-order chi connectivity index (χ0) is 13.0. The van der Waals surface area contributed by atoms with E-state index in [1.165, 1.54) is 7.11 Å². The number of ether oxygens (including phenoxy) is 1. The van der Waals surface area contributed by atoms with Crippen LogP contribution in [0, 0.1) is 0 Å². The van der Waals surface area contributed by atoms with E-state index < -0.39 is 0 Å². The lowest BCUT2D eigenvalue weighted by Gasteiger charge is -1.95. The molecule has 0 radical (unpaired) electrons. The highest BCUT2D eigenvalue weighted by Crippen LogP contribution is 2.11. The van der Waals surface area contributed by atoms with Gasteiger partial charge in [0.2, 0.25) is 0 Å². The number of hydrogen-bond donors (Lipinski definition) is 0. The topological polar surface area (TPSA) is 43.4 Å². The van der Waals surface area contributed by atoms with Crippen LogP contribution >= 0.6 is 0 Å². The van der Waals surface area contributed by atoms with Crippen molar-refractivity contribution in [3.8, 4) is 0 Å². The van der Waals surface area contributed by atoms with Gasteiger partial charge >= 0.3 is 5.97 Å². The molecule has 3 heteroatoms. The molecule has 0 N–H and O–H groups in total. The molecule has 3 rings (SSSR count). The van der Waals surface area contributed by atoms with Crippen LogP contribution in [0.3, 0.4) is 0 Å². The number of fused-ring (bicyclic) bond motifs is 1. The molecule has 3 aromatic rings. The van der Waals surface area contributed by atoms with Crippen LogP contribution in [0.4, 0.5) is 0 Å². The number of rotatable bonds is 1. The van der Waals surface area contributed by atoms with Crippen LogP contribution in [0.2, 0.25) is 0 Å². The second-order valence-corrected chi connectivity index (χ2v) is 3.73. The Morgan fingerprint density at radius 1 is 0.889 bits per heavy atom. The second kappa shape index (κ2) is 5.27. The van der Waals surface area contributed by atoms with E-state index >= 15 is 0 Å². The highest BCUT2D eigenvalue weighted by Gasteiger charge is 2.07. The van der Waals surface area contributed by atoms with Gasteiger partial charge in [0, 0.05) is 10.8 Å². The molecule has 0 aliphatic carbocycles. The Hall–Kier alpha value is -2.42. The molecule has 0 spiro atoms. The standard InChI is InChI=1S/C8H8O2.C7H4O/c1-10-8(9)7-5-3-2-4-6-7;8-7-5-3-1-2-4-6(5)7/h2-6H,1H3;1-4H. The molecule has 0 heterocycles. The quantitative estimate of drug-likeness (QED) is 0.614. The van der Waals surface area contributed by atoms with Crippen LogP contribution in [-0.2, 0) is 4.74 Å². The Morgan fingerprint density at radius 3 is 1.83 bits per heavy atom. The van der Waals surface area contributed by atoms with Gasteiger partial charge in [-0.1, -0.05) is 42.5 Å². The highest BCUT2D eigenvalue weighted by atomic mass is 16.5. The molecule has 90 valence electrons. The lowest BCUT2D eigenvalue weighted by molar-refractivity contribution is 0.0601. The number of hydrogen-bond acceptors (Lipinski definition) is 3. The predicted molar refractivity (Wildman–Crippen MR) is 70.4 cm³/mol. The Labute approximate surface area is 104 Å². The van der Waals surface area contributed by atoms with Crippen molar-refractivity contribution in [3.63, 3.8) is 0 Å². The molecule has 0 saturated heterocycles. The first kappa shape index (κ1) is 12.0. The molecule has 0 unspecified atom stereocenters. The lowest BCUT2D eigenvalue weighted by atomic mass is 10.2. The molecule has 0 saturated carbocycles. The lowest BCUT2D eigenvalue weighted by Crippen LogP contribution is -1.99. The Balaban J connectivity index is 0.000000136. The van der Waals surface area contributed by atoms with E-state index in [1.54, 1.807) is 24.3 Å². The van der Waals surface area contributed by atoms with Crippen molar-refractivity contribution in [1.29, 1.82) is 0 Å². The molecule has 0 bridgehead atoms. The van der Waals surface area contributed by atoms with Gasteiger partial charge in [-0.25, -0.2) is 4.79 Å². The van der Waals surface area contributed by atoms with Crippen molar-refractivity contribution in [3.05, 3.63) is 70.4 Å². The average Bonchev–Trinajstić information content (AvgIpc) is 3.11. The maximum atomic E-state index is 10.8. The van der Waals surface area contributed by atoms with Crippen LogP contribution in [0.15, 0.2) is 59.4 Å². The highest BCUT2D eigenvalue weighted by molar-refractivity contribution is 5.97. The molecule has 3 aromatic carbocycles. The van der Waals surface area contributed by atoms with Gasteiger partial charge < -0.3 is 4.74 Å². The fraction of sp³-hybridized carbons (Fsp3) is 0.0667. The Bertz CT molecular complexity index is 630. The largest absolute Gasteiger partial charge is 0.465 e. The maximum Gasteiger partial charge on any atom is 0.337 e. The summed E-state index contributed by atoms with van der Waals surface area (Å²) >= 11 is 0. The van der Waals surface area contributed by atoms with Crippen LogP contribution in [0.1, 0.15) is 10.4 Å². The molecule has 0 fully saturated rings. The van der Waals surface area contributed by atoms with Gasteiger partial charge in [-0.15, -0.1) is 0 Å². The summed E-state index contributed by atoms with van der Waals surface area (Å²) in [7, 11) is 1.37. The zero-order valence-corrected chi connectivity index (χ0v) is 9.92. The fourth-order valence-corrected chi connectivity index (χ4v) is 1.52. The van der Waals surface area contributed by atoms with Crippen LogP contribution in [-0.4, -0.2) is 13.1 Å². The maximum absolute atomic E-state index is 10.8. The smallest absolute Gasteiger partial charge is 0.337 e. The van der Waals surface area contributed by atoms with E-state index in [0.29, 0.717) is 5.56 Å². The first-order chi connectivity index (χ1) is 8.74. The molecule has 0 aromatic heterocycles. The van der Waals surface area contributed by atoms with E-state index in [1.807, 2.05) is 30.3 Å². The van der Waals surface area contributed by atoms with Crippen LogP contribution in [0.5, 0.6) is 0 Å². The van der Waals surface area contributed by atoms with Crippen molar-refractivity contribution in [2.75, 3.05) is 7.11 Å². The monoisotopic (exact) mass is 240 g/mol. The molecular weight excluding hydrogens is 228 g/mol. The van der Waals surface area contributed by atoms with Gasteiger partial charge in [-0.05, 0) is 12.1 Å². The molecular formula is C15H12O3. The third kappa shape index (κ3) is 2.63. The molecule has 3 nitrogen and oxygen atoms in total. The second-order valence-electron chi connectivity index (χ2n) is 3.73. The molecule has 0 amide bonds. The minimum atomic E-state index is -0.291. The predicted octanol–water partition coefficient (Wildman–Crippen LogP) is 2.55. The molecule has 18 heavy (non-hydrogen) atoms. The Morgan fingerprint density at radius 2 is 1.39 bits per heavy atom. The first-order valence-electron chi connectivity index (χ1n) is 5.51. The summed E-state index contributed by atoms with van der Waals surface area (Å²) in [6.07, 6.45) is 0. The molecule has 0 aliphatic rings. The van der Waals surface area contributed by atoms with Gasteiger partial charge in [0.15, 0.2) is 5.43 Å². The van der Waals surface area contributed by atoms with Crippen LogP contribution in [0.25, 0.3) is 10.8 Å². The van der Waals surface area contributed by atoms with Gasteiger partial charge in [0.1, 0.15) is 0 Å². The summed E-state index contributed by atoms with van der Waals surface area (Å²) in [6.45, 7) is 0. The van der Waals surface area contributed by atoms with Gasteiger partial charge in [0.25, 0.3) is 0 Å².